The lowest BCUT2D eigenvalue weighted by Crippen LogP contribution is -2.46. The molecule has 0 aliphatic carbocycles. The van der Waals surface area contributed by atoms with Gasteiger partial charge >= 0.3 is 0 Å². The Morgan fingerprint density at radius 1 is 1.10 bits per heavy atom. The van der Waals surface area contributed by atoms with E-state index in [0.29, 0.717) is 11.4 Å². The van der Waals surface area contributed by atoms with Crippen LogP contribution >= 0.6 is 0 Å². The summed E-state index contributed by atoms with van der Waals surface area (Å²) >= 11 is 0. The van der Waals surface area contributed by atoms with Crippen LogP contribution in [0.25, 0.3) is 0 Å². The number of rotatable bonds is 2. The summed E-state index contributed by atoms with van der Waals surface area (Å²) in [6, 6.07) is 7.80. The number of nitrogen functional groups attached to an aromatic ring is 1. The molecule has 21 heavy (non-hydrogen) atoms. The van der Waals surface area contributed by atoms with E-state index < -0.39 is 0 Å². The highest BCUT2D eigenvalue weighted by Gasteiger charge is 2.19. The van der Waals surface area contributed by atoms with E-state index in [0.717, 1.165) is 37.6 Å². The molecule has 1 aliphatic heterocycles. The molecule has 2 aromatic heterocycles. The molecule has 0 saturated carbocycles. The fraction of sp³-hybridized carbons (Fsp3) is 0.267. The van der Waals surface area contributed by atoms with Crippen molar-refractivity contribution in [3.05, 3.63) is 42.5 Å². The maximum atomic E-state index is 8.92. The number of nitriles is 1. The van der Waals surface area contributed by atoms with Crippen molar-refractivity contribution in [2.45, 2.75) is 0 Å². The van der Waals surface area contributed by atoms with Crippen LogP contribution in [-0.4, -0.2) is 36.1 Å². The zero-order valence-electron chi connectivity index (χ0n) is 11.6. The summed E-state index contributed by atoms with van der Waals surface area (Å²) in [6.45, 7) is 3.55. The van der Waals surface area contributed by atoms with Crippen molar-refractivity contribution in [3.8, 4) is 6.07 Å². The molecule has 106 valence electrons. The van der Waals surface area contributed by atoms with Gasteiger partial charge in [-0.3, -0.25) is 4.98 Å². The van der Waals surface area contributed by atoms with Crippen LogP contribution in [0, 0.1) is 11.3 Å². The Morgan fingerprint density at radius 3 is 2.57 bits per heavy atom. The van der Waals surface area contributed by atoms with Crippen LogP contribution in [0.3, 0.4) is 0 Å². The highest BCUT2D eigenvalue weighted by molar-refractivity contribution is 5.66. The van der Waals surface area contributed by atoms with Gasteiger partial charge in [-0.15, -0.1) is 0 Å². The highest BCUT2D eigenvalue weighted by atomic mass is 15.3. The molecule has 0 unspecified atom stereocenters. The van der Waals surface area contributed by atoms with E-state index in [4.69, 9.17) is 11.0 Å². The van der Waals surface area contributed by atoms with Gasteiger partial charge in [0.05, 0.1) is 17.6 Å². The summed E-state index contributed by atoms with van der Waals surface area (Å²) in [4.78, 5) is 12.6. The summed E-state index contributed by atoms with van der Waals surface area (Å²) in [5, 5.41) is 8.92. The molecule has 6 nitrogen and oxygen atoms in total. The Balaban J connectivity index is 1.71. The first kappa shape index (κ1) is 13.2. The number of aromatic nitrogens is 2. The number of piperazine rings is 1. The fourth-order valence-corrected chi connectivity index (χ4v) is 2.57. The van der Waals surface area contributed by atoms with Crippen LogP contribution in [0.5, 0.6) is 0 Å². The number of nitrogens with two attached hydrogens (primary N) is 1. The van der Waals surface area contributed by atoms with Crippen LogP contribution in [0.2, 0.25) is 0 Å². The molecular formula is C15H16N6. The Kier molecular flexibility index (Phi) is 3.56. The second-order valence-electron chi connectivity index (χ2n) is 4.92. The van der Waals surface area contributed by atoms with E-state index >= 15 is 0 Å². The second-order valence-corrected chi connectivity index (χ2v) is 4.92. The molecule has 1 aliphatic rings. The maximum absolute atomic E-state index is 8.92. The molecule has 0 radical (unpaired) electrons. The predicted molar refractivity (Wildman–Crippen MR) is 82.0 cm³/mol. The Labute approximate surface area is 123 Å². The smallest absolute Gasteiger partial charge is 0.142 e. The fourth-order valence-electron chi connectivity index (χ4n) is 2.57. The molecule has 0 amide bonds. The zero-order chi connectivity index (χ0) is 14.7. The first-order chi connectivity index (χ1) is 10.3. The monoisotopic (exact) mass is 280 g/mol. The van der Waals surface area contributed by atoms with Gasteiger partial charge in [-0.05, 0) is 18.2 Å². The van der Waals surface area contributed by atoms with E-state index in [2.05, 4.69) is 25.8 Å². The highest BCUT2D eigenvalue weighted by Crippen LogP contribution is 2.24. The molecule has 2 aromatic rings. The quantitative estimate of drug-likeness (QED) is 0.891. The van der Waals surface area contributed by atoms with Gasteiger partial charge in [0.15, 0.2) is 0 Å². The number of hydrogen-bond acceptors (Lipinski definition) is 6. The molecule has 1 saturated heterocycles. The van der Waals surface area contributed by atoms with Gasteiger partial charge in [0, 0.05) is 44.3 Å². The van der Waals surface area contributed by atoms with Crippen LogP contribution in [-0.2, 0) is 0 Å². The molecule has 0 aromatic carbocycles. The summed E-state index contributed by atoms with van der Waals surface area (Å²) in [5.74, 6) is 0. The van der Waals surface area contributed by atoms with E-state index in [9.17, 15) is 0 Å². The van der Waals surface area contributed by atoms with Gasteiger partial charge in [-0.1, -0.05) is 0 Å². The van der Waals surface area contributed by atoms with Gasteiger partial charge in [0.25, 0.3) is 0 Å². The lowest BCUT2D eigenvalue weighted by Gasteiger charge is -2.37. The van der Waals surface area contributed by atoms with Crippen molar-refractivity contribution in [2.75, 3.05) is 41.7 Å². The molecule has 1 fully saturated rings. The van der Waals surface area contributed by atoms with E-state index in [1.54, 1.807) is 18.6 Å². The lowest BCUT2D eigenvalue weighted by atomic mass is 10.2. The van der Waals surface area contributed by atoms with Crippen LogP contribution in [0.1, 0.15) is 5.69 Å². The largest absolute Gasteiger partial charge is 0.396 e. The molecule has 2 N–H and O–H groups in total. The van der Waals surface area contributed by atoms with Gasteiger partial charge in [-0.25, -0.2) is 4.98 Å². The minimum atomic E-state index is 0.452. The first-order valence-corrected chi connectivity index (χ1v) is 6.83. The summed E-state index contributed by atoms with van der Waals surface area (Å²) in [6.07, 6.45) is 5.13. The Morgan fingerprint density at radius 2 is 1.86 bits per heavy atom. The van der Waals surface area contributed by atoms with Crippen LogP contribution in [0.4, 0.5) is 17.1 Å². The molecule has 3 rings (SSSR count). The second kappa shape index (κ2) is 5.67. The third-order valence-electron chi connectivity index (χ3n) is 3.67. The molecule has 0 bridgehead atoms. The summed E-state index contributed by atoms with van der Waals surface area (Å²) < 4.78 is 0. The van der Waals surface area contributed by atoms with E-state index in [1.165, 1.54) is 0 Å². The van der Waals surface area contributed by atoms with Gasteiger partial charge in [-0.2, -0.15) is 5.26 Å². The summed E-state index contributed by atoms with van der Waals surface area (Å²) in [5.41, 5.74) is 9.22. The molecule has 3 heterocycles. The topological polar surface area (TPSA) is 82.1 Å². The molecule has 6 heteroatoms. The Bertz CT molecular complexity index is 670. The van der Waals surface area contributed by atoms with Crippen molar-refractivity contribution >= 4 is 17.1 Å². The minimum Gasteiger partial charge on any atom is -0.396 e. The van der Waals surface area contributed by atoms with E-state index in [-0.39, 0.29) is 0 Å². The minimum absolute atomic E-state index is 0.452. The number of nitrogens with zero attached hydrogens (tertiary/aromatic N) is 5. The standard InChI is InChI=1S/C15H16N6/c16-10-12-9-13(1-4-19-12)20-5-7-21(8-6-20)15-2-3-18-11-14(15)17/h1-4,9,11H,5-8,17H2. The van der Waals surface area contributed by atoms with Crippen molar-refractivity contribution in [1.82, 2.24) is 9.97 Å². The average Bonchev–Trinajstić information content (AvgIpc) is 2.56. The number of hydrogen-bond donors (Lipinski definition) is 1. The Hall–Kier alpha value is -2.81. The molecular weight excluding hydrogens is 264 g/mol. The third-order valence-corrected chi connectivity index (χ3v) is 3.67. The van der Waals surface area contributed by atoms with Gasteiger partial charge in [0.2, 0.25) is 0 Å². The maximum Gasteiger partial charge on any atom is 0.142 e. The van der Waals surface area contributed by atoms with Gasteiger partial charge < -0.3 is 15.5 Å². The first-order valence-electron chi connectivity index (χ1n) is 6.83. The lowest BCUT2D eigenvalue weighted by molar-refractivity contribution is 0.653. The van der Waals surface area contributed by atoms with Crippen molar-refractivity contribution in [3.63, 3.8) is 0 Å². The third kappa shape index (κ3) is 2.72. The van der Waals surface area contributed by atoms with Crippen molar-refractivity contribution < 1.29 is 0 Å². The van der Waals surface area contributed by atoms with Crippen molar-refractivity contribution in [1.29, 1.82) is 5.26 Å². The predicted octanol–water partition coefficient (Wildman–Crippen LogP) is 1.26. The molecule has 0 spiro atoms. The van der Waals surface area contributed by atoms with Crippen LogP contribution < -0.4 is 15.5 Å². The van der Waals surface area contributed by atoms with Crippen LogP contribution in [0.15, 0.2) is 36.8 Å². The van der Waals surface area contributed by atoms with Crippen molar-refractivity contribution in [2.24, 2.45) is 0 Å². The zero-order valence-corrected chi connectivity index (χ0v) is 11.6. The molecule has 0 atom stereocenters. The van der Waals surface area contributed by atoms with Gasteiger partial charge in [0.1, 0.15) is 11.8 Å². The average molecular weight is 280 g/mol. The SMILES string of the molecule is N#Cc1cc(N2CCN(c3ccncc3N)CC2)ccn1. The van der Waals surface area contributed by atoms with E-state index in [1.807, 2.05) is 18.2 Å². The number of pyridine rings is 2. The summed E-state index contributed by atoms with van der Waals surface area (Å²) in [7, 11) is 0. The number of anilines is 3. The normalized spacial score (nSPS) is 14.8.